The number of esters is 1. The third kappa shape index (κ3) is 8.31. The van der Waals surface area contributed by atoms with Gasteiger partial charge in [0.15, 0.2) is 5.13 Å². The molecule has 10 heteroatoms. The van der Waals surface area contributed by atoms with Gasteiger partial charge in [0, 0.05) is 26.2 Å². The van der Waals surface area contributed by atoms with Gasteiger partial charge in [-0.25, -0.2) is 14.6 Å². The quantitative estimate of drug-likeness (QED) is 0.327. The molecule has 1 saturated heterocycles. The Morgan fingerprint density at radius 2 is 1.69 bits per heavy atom. The highest BCUT2D eigenvalue weighted by Gasteiger charge is 2.38. The smallest absolute Gasteiger partial charge is 0.410 e. The Bertz CT molecular complexity index is 1370. The first kappa shape index (κ1) is 31.0. The molecule has 1 aliphatic rings. The molecule has 1 fully saturated rings. The highest BCUT2D eigenvalue weighted by Crippen LogP contribution is 2.30. The molecule has 224 valence electrons. The molecule has 2 aromatic carbocycles. The van der Waals surface area contributed by atoms with Gasteiger partial charge in [0.05, 0.1) is 5.69 Å². The van der Waals surface area contributed by atoms with Crippen molar-refractivity contribution in [2.75, 3.05) is 24.5 Å². The van der Waals surface area contributed by atoms with Gasteiger partial charge in [0.1, 0.15) is 23.1 Å². The Morgan fingerprint density at radius 3 is 2.36 bits per heavy atom. The van der Waals surface area contributed by atoms with Gasteiger partial charge in [-0.3, -0.25) is 9.69 Å². The van der Waals surface area contributed by atoms with Crippen LogP contribution in [0.2, 0.25) is 0 Å². The molecule has 1 atom stereocenters. The summed E-state index contributed by atoms with van der Waals surface area (Å²) in [6.07, 6.45) is 1.53. The van der Waals surface area contributed by atoms with Gasteiger partial charge < -0.3 is 19.7 Å². The largest absolute Gasteiger partial charge is 0.456 e. The molecule has 0 spiro atoms. The maximum absolute atomic E-state index is 13.6. The van der Waals surface area contributed by atoms with E-state index in [-0.39, 0.29) is 25.6 Å². The van der Waals surface area contributed by atoms with Crippen molar-refractivity contribution in [3.05, 3.63) is 81.9 Å². The van der Waals surface area contributed by atoms with Gasteiger partial charge in [-0.05, 0) is 50.8 Å². The molecule has 3 aromatic rings. The van der Waals surface area contributed by atoms with Crippen LogP contribution in [0.1, 0.15) is 66.2 Å². The van der Waals surface area contributed by atoms with Crippen molar-refractivity contribution in [2.24, 2.45) is 0 Å². The van der Waals surface area contributed by atoms with Crippen LogP contribution in [0.25, 0.3) is 0 Å². The Hall–Kier alpha value is -3.92. The summed E-state index contributed by atoms with van der Waals surface area (Å²) in [5, 5.41) is 3.61. The first-order valence-corrected chi connectivity index (χ1v) is 15.1. The van der Waals surface area contributed by atoms with Crippen LogP contribution < -0.4 is 10.2 Å². The lowest BCUT2D eigenvalue weighted by Crippen LogP contribution is -2.60. The summed E-state index contributed by atoms with van der Waals surface area (Å²) in [5.74, 6) is -0.708. The standard InChI is InChI=1S/C32H40N4O5S/c1-6-10-23-13-15-24(16-14-23)19-33-28(37)26-20-35(30-34-22(2)27(42-30)29(38)41-32(3,4)5)17-18-36(26)31(39)40-21-25-11-8-7-9-12-25/h7-9,11-16,26H,6,10,17-21H2,1-5H3,(H,33,37). The van der Waals surface area contributed by atoms with Crippen LogP contribution in [-0.4, -0.2) is 59.1 Å². The summed E-state index contributed by atoms with van der Waals surface area (Å²) in [6.45, 7) is 10.7. The minimum absolute atomic E-state index is 0.114. The molecule has 2 amide bonds. The maximum atomic E-state index is 13.6. The molecular weight excluding hydrogens is 552 g/mol. The van der Waals surface area contributed by atoms with Crippen molar-refractivity contribution in [3.8, 4) is 0 Å². The third-order valence-electron chi connectivity index (χ3n) is 6.79. The van der Waals surface area contributed by atoms with Crippen molar-refractivity contribution in [1.82, 2.24) is 15.2 Å². The summed E-state index contributed by atoms with van der Waals surface area (Å²) in [4.78, 5) is 48.0. The van der Waals surface area contributed by atoms with E-state index in [1.165, 1.54) is 21.8 Å². The first-order valence-electron chi connectivity index (χ1n) is 14.3. The molecule has 1 unspecified atom stereocenters. The number of anilines is 1. The molecule has 0 aliphatic carbocycles. The molecule has 1 aromatic heterocycles. The van der Waals surface area contributed by atoms with Crippen molar-refractivity contribution in [3.63, 3.8) is 0 Å². The number of carbonyl (C=O) groups is 3. The van der Waals surface area contributed by atoms with Crippen molar-refractivity contribution < 1.29 is 23.9 Å². The van der Waals surface area contributed by atoms with E-state index in [1.807, 2.05) is 68.1 Å². The molecule has 0 bridgehead atoms. The molecule has 1 N–H and O–H groups in total. The van der Waals surface area contributed by atoms with Crippen LogP contribution in [0.4, 0.5) is 9.93 Å². The summed E-state index contributed by atoms with van der Waals surface area (Å²) >= 11 is 1.24. The van der Waals surface area contributed by atoms with Crippen LogP contribution in [0.15, 0.2) is 54.6 Å². The second-order valence-corrected chi connectivity index (χ2v) is 12.4. The highest BCUT2D eigenvalue weighted by atomic mass is 32.1. The van der Waals surface area contributed by atoms with Gasteiger partial charge in [0.25, 0.3) is 0 Å². The first-order chi connectivity index (χ1) is 20.0. The number of amides is 2. The molecule has 42 heavy (non-hydrogen) atoms. The van der Waals surface area contributed by atoms with Crippen LogP contribution in [-0.2, 0) is 33.8 Å². The number of aryl methyl sites for hydroxylation is 2. The summed E-state index contributed by atoms with van der Waals surface area (Å²) in [7, 11) is 0. The fourth-order valence-corrected chi connectivity index (χ4v) is 5.63. The number of piperazine rings is 1. The number of carbonyl (C=O) groups excluding carboxylic acids is 3. The zero-order chi connectivity index (χ0) is 30.3. The Balaban J connectivity index is 1.49. The van der Waals surface area contributed by atoms with E-state index < -0.39 is 23.7 Å². The fourth-order valence-electron chi connectivity index (χ4n) is 4.65. The lowest BCUT2D eigenvalue weighted by molar-refractivity contribution is -0.126. The van der Waals surface area contributed by atoms with Crippen LogP contribution in [0.5, 0.6) is 0 Å². The number of aromatic nitrogens is 1. The van der Waals surface area contributed by atoms with Gasteiger partial charge in [-0.15, -0.1) is 0 Å². The minimum Gasteiger partial charge on any atom is -0.456 e. The number of nitrogens with zero attached hydrogens (tertiary/aromatic N) is 3. The number of rotatable bonds is 9. The number of benzene rings is 2. The number of hydrogen-bond acceptors (Lipinski definition) is 8. The van der Waals surface area contributed by atoms with E-state index >= 15 is 0 Å². The SMILES string of the molecule is CCCc1ccc(CNC(=O)C2CN(c3nc(C)c(C(=O)OC(C)(C)C)s3)CCN2C(=O)OCc2ccccc2)cc1. The number of thiazole rings is 1. The molecule has 0 radical (unpaired) electrons. The molecule has 4 rings (SSSR count). The van der Waals surface area contributed by atoms with Crippen molar-refractivity contribution >= 4 is 34.4 Å². The molecule has 0 saturated carbocycles. The Labute approximate surface area is 251 Å². The molecular formula is C32H40N4O5S. The third-order valence-corrected chi connectivity index (χ3v) is 7.99. The second-order valence-electron chi connectivity index (χ2n) is 11.4. The van der Waals surface area contributed by atoms with Crippen molar-refractivity contribution in [2.45, 2.75) is 72.3 Å². The summed E-state index contributed by atoms with van der Waals surface area (Å²) in [5.41, 5.74) is 3.05. The van der Waals surface area contributed by atoms with Gasteiger partial charge in [-0.2, -0.15) is 0 Å². The van der Waals surface area contributed by atoms with Crippen molar-refractivity contribution in [1.29, 1.82) is 0 Å². The predicted octanol–water partition coefficient (Wildman–Crippen LogP) is 5.50. The van der Waals surface area contributed by atoms with E-state index in [0.29, 0.717) is 28.8 Å². The highest BCUT2D eigenvalue weighted by molar-refractivity contribution is 7.17. The average molecular weight is 593 g/mol. The lowest BCUT2D eigenvalue weighted by Gasteiger charge is -2.39. The average Bonchev–Trinajstić information content (AvgIpc) is 3.36. The lowest BCUT2D eigenvalue weighted by atomic mass is 10.1. The normalized spacial score (nSPS) is 15.3. The van der Waals surface area contributed by atoms with E-state index in [0.717, 1.165) is 24.0 Å². The summed E-state index contributed by atoms with van der Waals surface area (Å²) < 4.78 is 11.2. The van der Waals surface area contributed by atoms with E-state index in [9.17, 15) is 14.4 Å². The molecule has 2 heterocycles. The van der Waals surface area contributed by atoms with Crippen LogP contribution in [0.3, 0.4) is 0 Å². The molecule has 9 nitrogen and oxygen atoms in total. The van der Waals surface area contributed by atoms with Gasteiger partial charge >= 0.3 is 12.1 Å². The monoisotopic (exact) mass is 592 g/mol. The van der Waals surface area contributed by atoms with Gasteiger partial charge in [-0.1, -0.05) is 79.3 Å². The topological polar surface area (TPSA) is 101 Å². The number of nitrogens with one attached hydrogen (secondary N) is 1. The Morgan fingerprint density at radius 1 is 1.00 bits per heavy atom. The van der Waals surface area contributed by atoms with Gasteiger partial charge in [0.2, 0.25) is 5.91 Å². The van der Waals surface area contributed by atoms with Crippen LogP contribution >= 0.6 is 11.3 Å². The zero-order valence-electron chi connectivity index (χ0n) is 25.0. The summed E-state index contributed by atoms with van der Waals surface area (Å²) in [6, 6.07) is 16.8. The van der Waals surface area contributed by atoms with E-state index in [1.54, 1.807) is 6.92 Å². The predicted molar refractivity (Wildman–Crippen MR) is 164 cm³/mol. The van der Waals surface area contributed by atoms with E-state index in [2.05, 4.69) is 29.4 Å². The second kappa shape index (κ2) is 13.8. The Kier molecular flexibility index (Phi) is 10.2. The number of ether oxygens (including phenoxy) is 2. The van der Waals surface area contributed by atoms with Crippen LogP contribution in [0, 0.1) is 6.92 Å². The number of hydrogen-bond donors (Lipinski definition) is 1. The molecule has 1 aliphatic heterocycles. The fraction of sp³-hybridized carbons (Fsp3) is 0.438. The zero-order valence-corrected chi connectivity index (χ0v) is 25.8. The maximum Gasteiger partial charge on any atom is 0.410 e. The minimum atomic E-state index is -0.810. The van der Waals surface area contributed by atoms with E-state index in [4.69, 9.17) is 9.47 Å².